The Morgan fingerprint density at radius 3 is 2.65 bits per heavy atom. The van der Waals surface area contributed by atoms with Gasteiger partial charge in [0.2, 0.25) is 0 Å². The maximum atomic E-state index is 12.9. The van der Waals surface area contributed by atoms with Crippen molar-refractivity contribution in [1.29, 1.82) is 5.41 Å². The number of nitrogens with one attached hydrogen (secondary N) is 3. The Labute approximate surface area is 178 Å². The molecule has 10 heteroatoms. The second kappa shape index (κ2) is 9.34. The molecule has 31 heavy (non-hydrogen) atoms. The summed E-state index contributed by atoms with van der Waals surface area (Å²) in [5, 5.41) is 14.0. The highest BCUT2D eigenvalue weighted by Crippen LogP contribution is 2.27. The molecule has 3 N–H and O–H groups in total. The van der Waals surface area contributed by atoms with E-state index in [0.29, 0.717) is 5.57 Å². The SMILES string of the molecule is COC1=CC(=N)/C(=C\NC2CCN(C)CC2)C=C1NC(=O)c1cccc(C(F)(F)F)n1. The predicted octanol–water partition coefficient (Wildman–Crippen LogP) is 2.85. The van der Waals surface area contributed by atoms with E-state index in [9.17, 15) is 18.0 Å². The monoisotopic (exact) mass is 435 g/mol. The van der Waals surface area contributed by atoms with Crippen LogP contribution in [-0.2, 0) is 10.9 Å². The van der Waals surface area contributed by atoms with Gasteiger partial charge in [-0.3, -0.25) is 4.79 Å². The summed E-state index contributed by atoms with van der Waals surface area (Å²) < 4.78 is 43.9. The standard InChI is InChI=1S/C21H24F3N5O2/c1-29-8-6-14(7-9-29)26-12-13-10-17(18(31-2)11-15(13)25)28-20(30)16-4-3-5-19(27-16)21(22,23)24/h3-5,10-12,14,25-26H,6-9H2,1-2H3,(H,28,30)/b13-12-,25-15?. The van der Waals surface area contributed by atoms with E-state index in [2.05, 4.69) is 27.6 Å². The van der Waals surface area contributed by atoms with Crippen molar-refractivity contribution in [2.75, 3.05) is 27.2 Å². The van der Waals surface area contributed by atoms with E-state index in [1.165, 1.54) is 19.3 Å². The minimum absolute atomic E-state index is 0.187. The van der Waals surface area contributed by atoms with Gasteiger partial charge in [0, 0.05) is 23.9 Å². The summed E-state index contributed by atoms with van der Waals surface area (Å²) in [6.07, 6.45) is 2.01. The van der Waals surface area contributed by atoms with E-state index in [1.807, 2.05) is 0 Å². The first-order valence-corrected chi connectivity index (χ1v) is 9.74. The molecule has 2 aliphatic rings. The lowest BCUT2D eigenvalue weighted by Crippen LogP contribution is -2.39. The predicted molar refractivity (Wildman–Crippen MR) is 109 cm³/mol. The Bertz CT molecular complexity index is 945. The van der Waals surface area contributed by atoms with Crippen molar-refractivity contribution in [2.24, 2.45) is 0 Å². The van der Waals surface area contributed by atoms with Gasteiger partial charge in [-0.15, -0.1) is 0 Å². The van der Waals surface area contributed by atoms with Crippen molar-refractivity contribution in [2.45, 2.75) is 25.1 Å². The first-order valence-electron chi connectivity index (χ1n) is 9.74. The molecule has 1 fully saturated rings. The molecule has 0 saturated carbocycles. The van der Waals surface area contributed by atoms with Crippen molar-refractivity contribution in [3.05, 3.63) is 65.0 Å². The molecular formula is C21H24F3N5O2. The number of hydrogen-bond acceptors (Lipinski definition) is 6. The van der Waals surface area contributed by atoms with Crippen molar-refractivity contribution in [3.63, 3.8) is 0 Å². The number of pyridine rings is 1. The number of allylic oxidation sites excluding steroid dienone is 3. The Hall–Kier alpha value is -3.14. The van der Waals surface area contributed by atoms with Crippen molar-refractivity contribution < 1.29 is 22.7 Å². The fourth-order valence-electron chi connectivity index (χ4n) is 3.27. The van der Waals surface area contributed by atoms with Gasteiger partial charge < -0.3 is 25.7 Å². The molecule has 1 amide bonds. The molecule has 2 heterocycles. The Balaban J connectivity index is 1.77. The number of carbonyl (C=O) groups is 1. The van der Waals surface area contributed by atoms with Gasteiger partial charge in [0.15, 0.2) is 0 Å². The van der Waals surface area contributed by atoms with Gasteiger partial charge in [-0.1, -0.05) is 6.07 Å². The zero-order valence-electron chi connectivity index (χ0n) is 17.2. The first-order chi connectivity index (χ1) is 14.7. The highest BCUT2D eigenvalue weighted by molar-refractivity contribution is 6.10. The molecule has 0 radical (unpaired) electrons. The second-order valence-corrected chi connectivity index (χ2v) is 7.39. The lowest BCUT2D eigenvalue weighted by atomic mass is 10.0. The molecule has 1 aromatic rings. The van der Waals surface area contributed by atoms with Gasteiger partial charge in [0.05, 0.1) is 18.5 Å². The third kappa shape index (κ3) is 5.72. The molecule has 1 aromatic heterocycles. The normalized spacial score (nSPS) is 19.6. The largest absolute Gasteiger partial charge is 0.494 e. The van der Waals surface area contributed by atoms with Crippen LogP contribution in [0.3, 0.4) is 0 Å². The van der Waals surface area contributed by atoms with Crippen molar-refractivity contribution in [1.82, 2.24) is 20.5 Å². The Kier molecular flexibility index (Phi) is 6.79. The van der Waals surface area contributed by atoms with Crippen molar-refractivity contribution in [3.8, 4) is 0 Å². The molecule has 166 valence electrons. The number of amides is 1. The number of hydrogen-bond donors (Lipinski definition) is 3. The average molecular weight is 435 g/mol. The van der Waals surface area contributed by atoms with Crippen molar-refractivity contribution >= 4 is 11.6 Å². The zero-order valence-corrected chi connectivity index (χ0v) is 17.2. The van der Waals surface area contributed by atoms with E-state index in [1.54, 1.807) is 12.3 Å². The quantitative estimate of drug-likeness (QED) is 0.662. The minimum atomic E-state index is -4.65. The molecule has 0 aromatic carbocycles. The van der Waals surface area contributed by atoms with Crippen LogP contribution in [0.15, 0.2) is 53.6 Å². The summed E-state index contributed by atoms with van der Waals surface area (Å²) in [4.78, 5) is 18.2. The summed E-state index contributed by atoms with van der Waals surface area (Å²) in [7, 11) is 3.45. The van der Waals surface area contributed by atoms with Gasteiger partial charge >= 0.3 is 6.18 Å². The third-order valence-electron chi connectivity index (χ3n) is 5.09. The summed E-state index contributed by atoms with van der Waals surface area (Å²) in [5.74, 6) is -0.585. The Morgan fingerprint density at radius 2 is 2.00 bits per heavy atom. The van der Waals surface area contributed by atoms with Crippen LogP contribution in [0.4, 0.5) is 13.2 Å². The number of ether oxygens (including phenoxy) is 1. The number of rotatable bonds is 5. The summed E-state index contributed by atoms with van der Waals surface area (Å²) in [5.41, 5.74) is -0.578. The number of aromatic nitrogens is 1. The number of alkyl halides is 3. The number of likely N-dealkylation sites (tertiary alicyclic amines) is 1. The molecule has 1 saturated heterocycles. The number of nitrogens with zero attached hydrogens (tertiary/aromatic N) is 2. The minimum Gasteiger partial charge on any atom is -0.494 e. The zero-order chi connectivity index (χ0) is 22.6. The molecule has 7 nitrogen and oxygen atoms in total. The topological polar surface area (TPSA) is 90.3 Å². The van der Waals surface area contributed by atoms with E-state index >= 15 is 0 Å². The van der Waals surface area contributed by atoms with Crippen LogP contribution in [0, 0.1) is 5.41 Å². The van der Waals surface area contributed by atoms with Gasteiger partial charge in [-0.05, 0) is 51.2 Å². The van der Waals surface area contributed by atoms with Crippen LogP contribution in [0.25, 0.3) is 0 Å². The maximum absolute atomic E-state index is 12.9. The van der Waals surface area contributed by atoms with Crippen LogP contribution in [-0.4, -0.2) is 54.8 Å². The number of piperidine rings is 1. The maximum Gasteiger partial charge on any atom is 0.433 e. The first kappa shape index (κ1) is 22.5. The Morgan fingerprint density at radius 1 is 1.29 bits per heavy atom. The molecule has 1 aliphatic heterocycles. The smallest absolute Gasteiger partial charge is 0.433 e. The van der Waals surface area contributed by atoms with Crippen LogP contribution in [0.5, 0.6) is 0 Å². The lowest BCUT2D eigenvalue weighted by molar-refractivity contribution is -0.141. The summed E-state index contributed by atoms with van der Waals surface area (Å²) >= 11 is 0. The summed E-state index contributed by atoms with van der Waals surface area (Å²) in [6.45, 7) is 1.96. The van der Waals surface area contributed by atoms with Gasteiger partial charge in [0.25, 0.3) is 5.91 Å². The van der Waals surface area contributed by atoms with E-state index < -0.39 is 17.8 Å². The van der Waals surface area contributed by atoms with Gasteiger partial charge in [-0.2, -0.15) is 13.2 Å². The molecule has 1 aliphatic carbocycles. The highest BCUT2D eigenvalue weighted by Gasteiger charge is 2.33. The van der Waals surface area contributed by atoms with E-state index in [0.717, 1.165) is 38.1 Å². The van der Waals surface area contributed by atoms with Crippen LogP contribution in [0.2, 0.25) is 0 Å². The van der Waals surface area contributed by atoms with E-state index in [4.69, 9.17) is 10.1 Å². The molecule has 0 unspecified atom stereocenters. The fourth-order valence-corrected chi connectivity index (χ4v) is 3.27. The van der Waals surface area contributed by atoms with Crippen LogP contribution in [0.1, 0.15) is 29.0 Å². The number of halogens is 3. The summed E-state index contributed by atoms with van der Waals surface area (Å²) in [6, 6.07) is 3.41. The fraction of sp³-hybridized carbons (Fsp3) is 0.381. The lowest BCUT2D eigenvalue weighted by Gasteiger charge is -2.29. The molecule has 0 bridgehead atoms. The number of methoxy groups -OCH3 is 1. The van der Waals surface area contributed by atoms with E-state index in [-0.39, 0.29) is 28.9 Å². The van der Waals surface area contributed by atoms with Gasteiger partial charge in [0.1, 0.15) is 17.1 Å². The third-order valence-corrected chi connectivity index (χ3v) is 5.09. The highest BCUT2D eigenvalue weighted by atomic mass is 19.4. The second-order valence-electron chi connectivity index (χ2n) is 7.39. The van der Waals surface area contributed by atoms with Gasteiger partial charge in [-0.25, -0.2) is 4.98 Å². The number of carbonyl (C=O) groups excluding carboxylic acids is 1. The molecule has 0 spiro atoms. The molecular weight excluding hydrogens is 411 g/mol. The van der Waals surface area contributed by atoms with Crippen LogP contribution < -0.4 is 10.6 Å². The molecule has 0 atom stereocenters. The molecule has 3 rings (SSSR count). The average Bonchev–Trinajstić information content (AvgIpc) is 2.74. The van der Waals surface area contributed by atoms with Crippen LogP contribution >= 0.6 is 0 Å².